The Morgan fingerprint density at radius 3 is 2.60 bits per heavy atom. The van der Waals surface area contributed by atoms with Crippen molar-refractivity contribution in [1.29, 1.82) is 0 Å². The number of imidazole rings is 1. The first-order chi connectivity index (χ1) is 9.28. The maximum atomic E-state index is 6.08. The van der Waals surface area contributed by atoms with E-state index >= 15 is 0 Å². The van der Waals surface area contributed by atoms with Gasteiger partial charge in [0.1, 0.15) is 11.3 Å². The average Bonchev–Trinajstić information content (AvgIpc) is 2.62. The highest BCUT2D eigenvalue weighted by atomic mass is 16.5. The molecule has 0 spiro atoms. The van der Waals surface area contributed by atoms with Gasteiger partial charge in [-0.05, 0) is 37.8 Å². The number of nitrogens with zero attached hydrogens (tertiary/aromatic N) is 2. The van der Waals surface area contributed by atoms with Gasteiger partial charge in [0, 0.05) is 6.54 Å². The highest BCUT2D eigenvalue weighted by Gasteiger charge is 2.16. The van der Waals surface area contributed by atoms with Crippen LogP contribution in [-0.4, -0.2) is 15.7 Å². The van der Waals surface area contributed by atoms with Crippen LogP contribution in [0.1, 0.15) is 41.0 Å². The van der Waals surface area contributed by atoms with Gasteiger partial charge in [-0.2, -0.15) is 0 Å². The van der Waals surface area contributed by atoms with Gasteiger partial charge in [0.05, 0.1) is 11.6 Å². The van der Waals surface area contributed by atoms with Crippen molar-refractivity contribution < 1.29 is 4.74 Å². The molecule has 0 aliphatic heterocycles. The lowest BCUT2D eigenvalue weighted by molar-refractivity contribution is 0.245. The summed E-state index contributed by atoms with van der Waals surface area (Å²) in [6.45, 7) is 11.6. The SMILES string of the molecule is CC(C)Oc1cccc2c1nc(N)n2CCC(C)(C)C. The van der Waals surface area contributed by atoms with Crippen LogP contribution in [0.2, 0.25) is 0 Å². The molecule has 1 aromatic carbocycles. The number of aromatic nitrogens is 2. The van der Waals surface area contributed by atoms with Gasteiger partial charge < -0.3 is 15.0 Å². The Kier molecular flexibility index (Phi) is 3.93. The van der Waals surface area contributed by atoms with Gasteiger partial charge >= 0.3 is 0 Å². The molecule has 0 aliphatic rings. The van der Waals surface area contributed by atoms with E-state index in [0.29, 0.717) is 5.95 Å². The van der Waals surface area contributed by atoms with Crippen LogP contribution < -0.4 is 10.5 Å². The van der Waals surface area contributed by atoms with E-state index in [4.69, 9.17) is 10.5 Å². The smallest absolute Gasteiger partial charge is 0.201 e. The zero-order valence-electron chi connectivity index (χ0n) is 13.1. The average molecular weight is 275 g/mol. The van der Waals surface area contributed by atoms with Crippen molar-refractivity contribution in [1.82, 2.24) is 9.55 Å². The van der Waals surface area contributed by atoms with Crippen LogP contribution in [0.4, 0.5) is 5.95 Å². The number of anilines is 1. The van der Waals surface area contributed by atoms with Crippen LogP contribution in [-0.2, 0) is 6.54 Å². The van der Waals surface area contributed by atoms with E-state index in [9.17, 15) is 0 Å². The molecule has 0 radical (unpaired) electrons. The molecule has 2 N–H and O–H groups in total. The summed E-state index contributed by atoms with van der Waals surface area (Å²) in [6.07, 6.45) is 1.18. The number of aryl methyl sites for hydroxylation is 1. The van der Waals surface area contributed by atoms with E-state index in [-0.39, 0.29) is 11.5 Å². The van der Waals surface area contributed by atoms with Gasteiger partial charge in [-0.1, -0.05) is 26.8 Å². The number of nitrogen functional groups attached to an aromatic ring is 1. The van der Waals surface area contributed by atoms with Crippen molar-refractivity contribution in [3.05, 3.63) is 18.2 Å². The molecule has 0 bridgehead atoms. The molecule has 0 unspecified atom stereocenters. The first-order valence-corrected chi connectivity index (χ1v) is 7.19. The molecule has 20 heavy (non-hydrogen) atoms. The summed E-state index contributed by atoms with van der Waals surface area (Å²) in [5, 5.41) is 0. The largest absolute Gasteiger partial charge is 0.489 e. The maximum Gasteiger partial charge on any atom is 0.201 e. The number of benzene rings is 1. The predicted octanol–water partition coefficient (Wildman–Crippen LogP) is 3.84. The predicted molar refractivity (Wildman–Crippen MR) is 84.0 cm³/mol. The van der Waals surface area contributed by atoms with Gasteiger partial charge in [-0.25, -0.2) is 4.98 Å². The first kappa shape index (κ1) is 14.7. The molecule has 1 aromatic heterocycles. The van der Waals surface area contributed by atoms with E-state index in [0.717, 1.165) is 29.7 Å². The highest BCUT2D eigenvalue weighted by molar-refractivity contribution is 5.84. The van der Waals surface area contributed by atoms with Gasteiger partial charge in [0.15, 0.2) is 0 Å². The number of nitrogens with two attached hydrogens (primary N) is 1. The van der Waals surface area contributed by atoms with Crippen molar-refractivity contribution in [2.24, 2.45) is 5.41 Å². The minimum atomic E-state index is 0.126. The molecule has 1 heterocycles. The second-order valence-corrected chi connectivity index (χ2v) is 6.72. The maximum absolute atomic E-state index is 6.08. The van der Waals surface area contributed by atoms with Gasteiger partial charge in [-0.15, -0.1) is 0 Å². The molecule has 0 amide bonds. The number of rotatable bonds is 4. The zero-order valence-corrected chi connectivity index (χ0v) is 13.1. The first-order valence-electron chi connectivity index (χ1n) is 7.19. The molecule has 2 rings (SSSR count). The third kappa shape index (κ3) is 3.24. The van der Waals surface area contributed by atoms with Gasteiger partial charge in [0.2, 0.25) is 5.95 Å². The lowest BCUT2D eigenvalue weighted by atomic mass is 9.92. The van der Waals surface area contributed by atoms with Crippen molar-refractivity contribution in [3.63, 3.8) is 0 Å². The molecule has 0 saturated carbocycles. The highest BCUT2D eigenvalue weighted by Crippen LogP contribution is 2.29. The lowest BCUT2D eigenvalue weighted by Crippen LogP contribution is -2.12. The van der Waals surface area contributed by atoms with Crippen molar-refractivity contribution in [2.75, 3.05) is 5.73 Å². The quantitative estimate of drug-likeness (QED) is 0.922. The monoisotopic (exact) mass is 275 g/mol. The minimum Gasteiger partial charge on any atom is -0.489 e. The Balaban J connectivity index is 2.39. The Morgan fingerprint density at radius 2 is 2.00 bits per heavy atom. The van der Waals surface area contributed by atoms with Crippen LogP contribution in [0.25, 0.3) is 11.0 Å². The van der Waals surface area contributed by atoms with Gasteiger partial charge in [0.25, 0.3) is 0 Å². The second kappa shape index (κ2) is 5.35. The van der Waals surface area contributed by atoms with E-state index in [1.807, 2.05) is 26.0 Å². The van der Waals surface area contributed by atoms with E-state index < -0.39 is 0 Å². The molecule has 2 aromatic rings. The number of hydrogen-bond acceptors (Lipinski definition) is 3. The summed E-state index contributed by atoms with van der Waals surface area (Å²) >= 11 is 0. The second-order valence-electron chi connectivity index (χ2n) is 6.72. The normalized spacial score (nSPS) is 12.3. The summed E-state index contributed by atoms with van der Waals surface area (Å²) < 4.78 is 7.89. The molecule has 4 nitrogen and oxygen atoms in total. The third-order valence-electron chi connectivity index (χ3n) is 3.22. The van der Waals surface area contributed by atoms with Crippen LogP contribution in [0.5, 0.6) is 5.75 Å². The van der Waals surface area contributed by atoms with E-state index in [1.165, 1.54) is 0 Å². The Bertz CT molecular complexity index is 594. The van der Waals surface area contributed by atoms with Crippen LogP contribution in [0.3, 0.4) is 0 Å². The summed E-state index contributed by atoms with van der Waals surface area (Å²) in [5.41, 5.74) is 8.25. The Hall–Kier alpha value is -1.71. The van der Waals surface area contributed by atoms with Crippen LogP contribution in [0, 0.1) is 5.41 Å². The molecular weight excluding hydrogens is 250 g/mol. The lowest BCUT2D eigenvalue weighted by Gasteiger charge is -2.19. The molecule has 0 fully saturated rings. The van der Waals surface area contributed by atoms with E-state index in [1.54, 1.807) is 0 Å². The van der Waals surface area contributed by atoms with Crippen molar-refractivity contribution in [2.45, 2.75) is 53.7 Å². The van der Waals surface area contributed by atoms with E-state index in [2.05, 4.69) is 36.4 Å². The fourth-order valence-electron chi connectivity index (χ4n) is 2.17. The summed E-state index contributed by atoms with van der Waals surface area (Å²) in [5.74, 6) is 1.36. The zero-order chi connectivity index (χ0) is 14.9. The molecule has 0 atom stereocenters. The topological polar surface area (TPSA) is 53.1 Å². The number of para-hydroxylation sites is 1. The fourth-order valence-corrected chi connectivity index (χ4v) is 2.17. The number of fused-ring (bicyclic) bond motifs is 1. The van der Waals surface area contributed by atoms with Crippen molar-refractivity contribution >= 4 is 17.0 Å². The third-order valence-corrected chi connectivity index (χ3v) is 3.22. The minimum absolute atomic E-state index is 0.126. The van der Waals surface area contributed by atoms with Gasteiger partial charge in [-0.3, -0.25) is 0 Å². The Morgan fingerprint density at radius 1 is 1.30 bits per heavy atom. The van der Waals surface area contributed by atoms with Crippen LogP contribution >= 0.6 is 0 Å². The summed E-state index contributed by atoms with van der Waals surface area (Å²) in [6, 6.07) is 5.99. The molecule has 110 valence electrons. The molecular formula is C16H25N3O. The summed E-state index contributed by atoms with van der Waals surface area (Å²) in [4.78, 5) is 4.48. The Labute approximate surface area is 120 Å². The standard InChI is InChI=1S/C16H25N3O/c1-11(2)20-13-8-6-7-12-14(13)18-15(17)19(12)10-9-16(3,4)5/h6-8,11H,9-10H2,1-5H3,(H2,17,18). The molecule has 0 saturated heterocycles. The molecule has 0 aliphatic carbocycles. The summed E-state index contributed by atoms with van der Waals surface area (Å²) in [7, 11) is 0. The molecule has 4 heteroatoms. The van der Waals surface area contributed by atoms with Crippen LogP contribution in [0.15, 0.2) is 18.2 Å². The fraction of sp³-hybridized carbons (Fsp3) is 0.562. The number of ether oxygens (including phenoxy) is 1. The number of hydrogen-bond donors (Lipinski definition) is 1. The van der Waals surface area contributed by atoms with Crippen molar-refractivity contribution in [3.8, 4) is 5.75 Å².